The molecule has 0 bridgehead atoms. The Morgan fingerprint density at radius 2 is 1.56 bits per heavy atom. The Morgan fingerprint density at radius 3 is 2.24 bits per heavy atom. The average Bonchev–Trinajstić information content (AvgIpc) is 3.14. The maximum atomic E-state index is 12.1. The van der Waals surface area contributed by atoms with Gasteiger partial charge in [0.1, 0.15) is 11.6 Å². The number of primary amides is 1. The Morgan fingerprint density at radius 1 is 0.820 bits per heavy atom. The van der Waals surface area contributed by atoms with E-state index in [9.17, 15) is 14.4 Å². The molecule has 6 heterocycles. The molecule has 4 fully saturated rings. The van der Waals surface area contributed by atoms with Crippen LogP contribution < -0.4 is 26.2 Å². The summed E-state index contributed by atoms with van der Waals surface area (Å²) in [5, 5.41) is 5.76. The van der Waals surface area contributed by atoms with Crippen molar-refractivity contribution in [2.75, 3.05) is 60.9 Å². The van der Waals surface area contributed by atoms with Crippen LogP contribution in [0.2, 0.25) is 0 Å². The zero-order valence-electron chi connectivity index (χ0n) is 28.9. The third-order valence-electron chi connectivity index (χ3n) is 11.0. The topological polar surface area (TPSA) is 150 Å². The lowest BCUT2D eigenvalue weighted by Crippen LogP contribution is -2.41. The Hall–Kier alpha value is -4.58. The van der Waals surface area contributed by atoms with Gasteiger partial charge in [0.25, 0.3) is 5.91 Å². The quantitative estimate of drug-likeness (QED) is 0.263. The highest BCUT2D eigenvalue weighted by atomic mass is 16.2. The summed E-state index contributed by atoms with van der Waals surface area (Å²) in [5.41, 5.74) is 9.04. The fourth-order valence-electron chi connectivity index (χ4n) is 8.00. The van der Waals surface area contributed by atoms with Crippen molar-refractivity contribution in [3.05, 3.63) is 65.6 Å². The standard InChI is InChI=1S/C38H49N9O3/c39-36(49)35-37(43-33(24-41-35)46-16-2-1-3-17-46)42-31-8-5-28(6-9-31)29-14-18-45(19-15-29)25-26-12-20-47(21-13-26)32-10-4-27(23-40-32)22-30-7-11-34(48)44-38(30)50/h4-6,8-10,23-24,26,29-30H,1-3,7,11-22,25H2,(H2,39,49)(H,42,43)(H,44,48,50). The lowest BCUT2D eigenvalue weighted by Gasteiger charge is -2.38. The number of aromatic nitrogens is 3. The van der Waals surface area contributed by atoms with Crippen LogP contribution in [0.5, 0.6) is 0 Å². The van der Waals surface area contributed by atoms with Gasteiger partial charge in [-0.3, -0.25) is 19.7 Å². The SMILES string of the molecule is NC(=O)c1ncc(N2CCCCC2)nc1Nc1ccc(C2CCN(CC3CCN(c4ccc(CC5CCC(=O)NC5=O)cn4)CC3)CC2)cc1. The molecule has 12 heteroatoms. The van der Waals surface area contributed by atoms with Gasteiger partial charge in [-0.05, 0) is 112 Å². The van der Waals surface area contributed by atoms with Crippen molar-refractivity contribution in [1.82, 2.24) is 25.2 Å². The second-order valence-electron chi connectivity index (χ2n) is 14.5. The van der Waals surface area contributed by atoms with Crippen molar-refractivity contribution in [2.24, 2.45) is 17.6 Å². The lowest BCUT2D eigenvalue weighted by molar-refractivity contribution is -0.136. The first-order valence-electron chi connectivity index (χ1n) is 18.4. The van der Waals surface area contributed by atoms with Gasteiger partial charge in [0.2, 0.25) is 11.8 Å². The van der Waals surface area contributed by atoms with E-state index in [1.807, 2.05) is 6.20 Å². The number of nitrogens with zero attached hydrogens (tertiary/aromatic N) is 6. The summed E-state index contributed by atoms with van der Waals surface area (Å²) in [6.07, 6.45) is 13.3. The van der Waals surface area contributed by atoms with Crippen molar-refractivity contribution in [2.45, 2.75) is 70.1 Å². The Bertz CT molecular complexity index is 1640. The number of hydrogen-bond acceptors (Lipinski definition) is 10. The van der Waals surface area contributed by atoms with Crippen LogP contribution in [0.25, 0.3) is 0 Å². The highest BCUT2D eigenvalue weighted by molar-refractivity contribution is 5.98. The van der Waals surface area contributed by atoms with Crippen molar-refractivity contribution >= 4 is 40.9 Å². The number of amides is 3. The molecule has 0 radical (unpaired) electrons. The summed E-state index contributed by atoms with van der Waals surface area (Å²) in [6.45, 7) is 7.29. The molecular formula is C38H49N9O3. The number of benzene rings is 1. The Balaban J connectivity index is 0.855. The molecule has 1 atom stereocenters. The minimum atomic E-state index is -0.591. The summed E-state index contributed by atoms with van der Waals surface area (Å²) in [4.78, 5) is 56.8. The van der Waals surface area contributed by atoms with Crippen LogP contribution >= 0.6 is 0 Å². The minimum absolute atomic E-state index is 0.155. The van der Waals surface area contributed by atoms with Crippen molar-refractivity contribution in [3.8, 4) is 0 Å². The third-order valence-corrected chi connectivity index (χ3v) is 11.0. The number of carbonyl (C=O) groups is 3. The van der Waals surface area contributed by atoms with Gasteiger partial charge in [-0.15, -0.1) is 0 Å². The van der Waals surface area contributed by atoms with Gasteiger partial charge >= 0.3 is 0 Å². The predicted molar refractivity (Wildman–Crippen MR) is 194 cm³/mol. The number of piperidine rings is 4. The van der Waals surface area contributed by atoms with Crippen LogP contribution in [0.15, 0.2) is 48.8 Å². The zero-order valence-corrected chi connectivity index (χ0v) is 28.9. The molecular weight excluding hydrogens is 630 g/mol. The minimum Gasteiger partial charge on any atom is -0.364 e. The zero-order chi connectivity index (χ0) is 34.5. The monoisotopic (exact) mass is 679 g/mol. The Kier molecular flexibility index (Phi) is 10.5. The first kappa shape index (κ1) is 33.9. The number of rotatable bonds is 10. The number of likely N-dealkylation sites (tertiary alicyclic amines) is 1. The van der Waals surface area contributed by atoms with E-state index in [4.69, 9.17) is 15.7 Å². The molecule has 12 nitrogen and oxygen atoms in total. The summed E-state index contributed by atoms with van der Waals surface area (Å²) in [6, 6.07) is 12.7. The molecule has 3 aromatic rings. The molecule has 0 saturated carbocycles. The molecule has 264 valence electrons. The maximum Gasteiger partial charge on any atom is 0.271 e. The number of nitrogens with one attached hydrogen (secondary N) is 2. The van der Waals surface area contributed by atoms with E-state index in [1.165, 1.54) is 12.0 Å². The molecule has 1 aromatic carbocycles. The lowest BCUT2D eigenvalue weighted by atomic mass is 9.88. The molecule has 0 spiro atoms. The van der Waals surface area contributed by atoms with E-state index >= 15 is 0 Å². The number of anilines is 4. The largest absolute Gasteiger partial charge is 0.364 e. The Labute approximate surface area is 294 Å². The highest BCUT2D eigenvalue weighted by Crippen LogP contribution is 2.32. The molecule has 7 rings (SSSR count). The molecule has 4 aliphatic heterocycles. The van der Waals surface area contributed by atoms with Crippen LogP contribution in [0, 0.1) is 11.8 Å². The predicted octanol–water partition coefficient (Wildman–Crippen LogP) is 4.40. The summed E-state index contributed by atoms with van der Waals surface area (Å²) in [5.74, 6) is 2.33. The first-order valence-corrected chi connectivity index (χ1v) is 18.4. The van der Waals surface area contributed by atoms with E-state index in [2.05, 4.69) is 66.7 Å². The average molecular weight is 680 g/mol. The van der Waals surface area contributed by atoms with Gasteiger partial charge in [-0.2, -0.15) is 0 Å². The molecule has 4 aliphatic rings. The molecule has 4 saturated heterocycles. The van der Waals surface area contributed by atoms with E-state index in [1.54, 1.807) is 6.20 Å². The number of nitrogens with two attached hydrogens (primary N) is 1. The van der Waals surface area contributed by atoms with E-state index in [0.29, 0.717) is 36.9 Å². The first-order chi connectivity index (χ1) is 24.4. The summed E-state index contributed by atoms with van der Waals surface area (Å²) >= 11 is 0. The molecule has 2 aromatic heterocycles. The number of imide groups is 1. The normalized spacial score (nSPS) is 21.2. The number of hydrogen-bond donors (Lipinski definition) is 3. The van der Waals surface area contributed by atoms with E-state index in [-0.39, 0.29) is 23.4 Å². The van der Waals surface area contributed by atoms with Crippen molar-refractivity contribution in [1.29, 1.82) is 0 Å². The van der Waals surface area contributed by atoms with Gasteiger partial charge in [0.05, 0.1) is 6.20 Å². The summed E-state index contributed by atoms with van der Waals surface area (Å²) < 4.78 is 0. The molecule has 0 aliphatic carbocycles. The molecule has 3 amide bonds. The van der Waals surface area contributed by atoms with Gasteiger partial charge in [0.15, 0.2) is 11.5 Å². The van der Waals surface area contributed by atoms with Crippen LogP contribution in [0.4, 0.5) is 23.1 Å². The fraction of sp³-hybridized carbons (Fsp3) is 0.526. The second kappa shape index (κ2) is 15.5. The smallest absolute Gasteiger partial charge is 0.271 e. The van der Waals surface area contributed by atoms with Crippen LogP contribution in [-0.4, -0.2) is 83.4 Å². The number of carbonyl (C=O) groups excluding carboxylic acids is 3. The molecule has 1 unspecified atom stereocenters. The maximum absolute atomic E-state index is 12.1. The summed E-state index contributed by atoms with van der Waals surface area (Å²) in [7, 11) is 0. The van der Waals surface area contributed by atoms with Gasteiger partial charge in [-0.25, -0.2) is 15.0 Å². The fourth-order valence-corrected chi connectivity index (χ4v) is 8.00. The van der Waals surface area contributed by atoms with Crippen molar-refractivity contribution in [3.63, 3.8) is 0 Å². The molecule has 4 N–H and O–H groups in total. The van der Waals surface area contributed by atoms with Crippen LogP contribution in [-0.2, 0) is 16.0 Å². The second-order valence-corrected chi connectivity index (χ2v) is 14.5. The van der Waals surface area contributed by atoms with Crippen molar-refractivity contribution < 1.29 is 14.4 Å². The van der Waals surface area contributed by atoms with E-state index < -0.39 is 5.91 Å². The highest BCUT2D eigenvalue weighted by Gasteiger charge is 2.28. The van der Waals surface area contributed by atoms with Gasteiger partial charge < -0.3 is 25.8 Å². The van der Waals surface area contributed by atoms with E-state index in [0.717, 1.165) is 107 Å². The molecule has 50 heavy (non-hydrogen) atoms. The van der Waals surface area contributed by atoms with Crippen LogP contribution in [0.1, 0.15) is 85.3 Å². The van der Waals surface area contributed by atoms with Crippen LogP contribution in [0.3, 0.4) is 0 Å². The van der Waals surface area contributed by atoms with Gasteiger partial charge in [0, 0.05) is 56.9 Å². The third kappa shape index (κ3) is 8.23. The van der Waals surface area contributed by atoms with Gasteiger partial charge in [-0.1, -0.05) is 18.2 Å². The number of pyridine rings is 1.